The topological polar surface area (TPSA) is 72.0 Å². The second-order valence-corrected chi connectivity index (χ2v) is 5.79. The van der Waals surface area contributed by atoms with E-state index in [9.17, 15) is 12.8 Å². The van der Waals surface area contributed by atoms with Gasteiger partial charge in [-0.3, -0.25) is 4.72 Å². The van der Waals surface area contributed by atoms with Gasteiger partial charge in [0.25, 0.3) is 10.0 Å². The normalized spacial score (nSPS) is 11.3. The molecule has 0 atom stereocenters. The molecule has 0 amide bonds. The van der Waals surface area contributed by atoms with Crippen LogP contribution in [0.4, 0.5) is 10.2 Å². The average Bonchev–Trinajstić information content (AvgIpc) is 2.31. The van der Waals surface area contributed by atoms with Crippen molar-refractivity contribution in [3.8, 4) is 0 Å². The van der Waals surface area contributed by atoms with Crippen molar-refractivity contribution < 1.29 is 12.8 Å². The quantitative estimate of drug-likeness (QED) is 0.945. The van der Waals surface area contributed by atoms with Crippen molar-refractivity contribution >= 4 is 27.4 Å². The van der Waals surface area contributed by atoms with E-state index < -0.39 is 15.8 Å². The zero-order chi connectivity index (χ0) is 14.0. The van der Waals surface area contributed by atoms with Crippen LogP contribution in [-0.4, -0.2) is 18.6 Å². The van der Waals surface area contributed by atoms with Gasteiger partial charge in [0.05, 0.1) is 4.90 Å². The highest BCUT2D eigenvalue weighted by Gasteiger charge is 2.18. The monoisotopic (exact) mass is 301 g/mol. The summed E-state index contributed by atoms with van der Waals surface area (Å²) >= 11 is 5.55. The number of nitrogens with zero attached hydrogens (tertiary/aromatic N) is 2. The fourth-order valence-electron chi connectivity index (χ4n) is 1.48. The summed E-state index contributed by atoms with van der Waals surface area (Å²) in [7, 11) is -3.84. The van der Waals surface area contributed by atoms with Gasteiger partial charge in [-0.05, 0) is 42.8 Å². The molecule has 0 fully saturated rings. The van der Waals surface area contributed by atoms with E-state index in [1.165, 1.54) is 25.1 Å². The summed E-state index contributed by atoms with van der Waals surface area (Å²) in [5, 5.41) is 7.27. The molecule has 0 unspecified atom stereocenters. The van der Waals surface area contributed by atoms with Gasteiger partial charge in [0, 0.05) is 0 Å². The molecule has 2 rings (SSSR count). The van der Waals surface area contributed by atoms with Gasteiger partial charge in [-0.1, -0.05) is 11.6 Å². The first-order valence-corrected chi connectivity index (χ1v) is 7.03. The molecule has 0 radical (unpaired) electrons. The molecule has 0 aliphatic heterocycles. The van der Waals surface area contributed by atoms with Crippen molar-refractivity contribution in [1.82, 2.24) is 10.2 Å². The van der Waals surface area contributed by atoms with Crippen molar-refractivity contribution in [2.75, 3.05) is 4.72 Å². The fraction of sp³-hybridized carbons (Fsp3) is 0.0909. The average molecular weight is 302 g/mol. The highest BCUT2D eigenvalue weighted by molar-refractivity contribution is 7.92. The Morgan fingerprint density at radius 2 is 1.95 bits per heavy atom. The van der Waals surface area contributed by atoms with E-state index in [1.54, 1.807) is 0 Å². The van der Waals surface area contributed by atoms with Crippen LogP contribution in [0.1, 0.15) is 5.56 Å². The Balaban J connectivity index is 2.35. The van der Waals surface area contributed by atoms with E-state index in [0.29, 0.717) is 5.56 Å². The van der Waals surface area contributed by atoms with Gasteiger partial charge in [0.15, 0.2) is 11.0 Å². The number of sulfonamides is 1. The van der Waals surface area contributed by atoms with Crippen molar-refractivity contribution in [1.29, 1.82) is 0 Å². The van der Waals surface area contributed by atoms with Crippen molar-refractivity contribution in [2.24, 2.45) is 0 Å². The minimum atomic E-state index is -3.84. The van der Waals surface area contributed by atoms with Crippen LogP contribution in [0, 0.1) is 12.7 Å². The van der Waals surface area contributed by atoms with Crippen LogP contribution in [0.3, 0.4) is 0 Å². The molecule has 1 N–H and O–H groups in total. The molecule has 0 aliphatic carbocycles. The van der Waals surface area contributed by atoms with Crippen molar-refractivity contribution in [3.63, 3.8) is 0 Å². The van der Waals surface area contributed by atoms with Crippen LogP contribution < -0.4 is 4.72 Å². The third kappa shape index (κ3) is 3.18. The number of aryl methyl sites for hydroxylation is 1. The lowest BCUT2D eigenvalue weighted by Gasteiger charge is -2.09. The van der Waals surface area contributed by atoms with E-state index in [2.05, 4.69) is 14.9 Å². The van der Waals surface area contributed by atoms with Gasteiger partial charge in [-0.25, -0.2) is 12.8 Å². The first-order chi connectivity index (χ1) is 8.88. The summed E-state index contributed by atoms with van der Waals surface area (Å²) in [5.74, 6) is -0.462. The minimum Gasteiger partial charge on any atom is -0.262 e. The number of rotatable bonds is 3. The number of aromatic nitrogens is 2. The van der Waals surface area contributed by atoms with Gasteiger partial charge in [0.1, 0.15) is 5.82 Å². The number of halogens is 2. The highest BCUT2D eigenvalue weighted by Crippen LogP contribution is 2.19. The molecular formula is C11H9ClFN3O2S. The molecule has 0 saturated carbocycles. The molecular weight excluding hydrogens is 293 g/mol. The summed E-state index contributed by atoms with van der Waals surface area (Å²) in [5.41, 5.74) is 0.300. The Morgan fingerprint density at radius 1 is 1.21 bits per heavy atom. The van der Waals surface area contributed by atoms with Gasteiger partial charge >= 0.3 is 0 Å². The lowest BCUT2D eigenvalue weighted by molar-refractivity contribution is 0.598. The van der Waals surface area contributed by atoms with E-state index in [4.69, 9.17) is 11.6 Å². The number of hydrogen-bond acceptors (Lipinski definition) is 4. The standard InChI is InChI=1S/C11H9ClFN3O2S/c1-7-6-8(13)2-3-9(7)19(17,18)16-11-5-4-10(12)14-15-11/h2-6H,1H3,(H,15,16). The summed E-state index contributed by atoms with van der Waals surface area (Å²) in [6, 6.07) is 6.20. The number of hydrogen-bond donors (Lipinski definition) is 1. The first kappa shape index (κ1) is 13.7. The molecule has 1 aromatic carbocycles. The second-order valence-electron chi connectivity index (χ2n) is 3.76. The third-order valence-electron chi connectivity index (χ3n) is 2.30. The van der Waals surface area contributed by atoms with Gasteiger partial charge < -0.3 is 0 Å². The second kappa shape index (κ2) is 5.10. The van der Waals surface area contributed by atoms with Gasteiger partial charge in [-0.2, -0.15) is 0 Å². The Hall–Kier alpha value is -1.73. The molecule has 0 bridgehead atoms. The fourth-order valence-corrected chi connectivity index (χ4v) is 2.80. The Bertz CT molecular complexity index is 704. The number of anilines is 1. The maximum Gasteiger partial charge on any atom is 0.263 e. The zero-order valence-electron chi connectivity index (χ0n) is 9.76. The van der Waals surface area contributed by atoms with Crippen LogP contribution in [0.25, 0.3) is 0 Å². The van der Waals surface area contributed by atoms with Crippen LogP contribution in [0.5, 0.6) is 0 Å². The lowest BCUT2D eigenvalue weighted by atomic mass is 10.2. The summed E-state index contributed by atoms with van der Waals surface area (Å²) in [4.78, 5) is -0.0225. The summed E-state index contributed by atoms with van der Waals surface area (Å²) < 4.78 is 39.4. The van der Waals surface area contributed by atoms with Crippen LogP contribution in [-0.2, 0) is 10.0 Å². The summed E-state index contributed by atoms with van der Waals surface area (Å²) in [6.45, 7) is 1.51. The van der Waals surface area contributed by atoms with Crippen LogP contribution in [0.2, 0.25) is 5.15 Å². The van der Waals surface area contributed by atoms with E-state index in [0.717, 1.165) is 12.1 Å². The lowest BCUT2D eigenvalue weighted by Crippen LogP contribution is -2.15. The van der Waals surface area contributed by atoms with Crippen LogP contribution >= 0.6 is 11.6 Å². The predicted octanol–water partition coefficient (Wildman–Crippen LogP) is 2.38. The van der Waals surface area contributed by atoms with Crippen molar-refractivity contribution in [2.45, 2.75) is 11.8 Å². The predicted molar refractivity (Wildman–Crippen MR) is 69.0 cm³/mol. The molecule has 2 aromatic rings. The molecule has 0 spiro atoms. The summed E-state index contributed by atoms with van der Waals surface area (Å²) in [6.07, 6.45) is 0. The highest BCUT2D eigenvalue weighted by atomic mass is 35.5. The number of nitrogens with one attached hydrogen (secondary N) is 1. The minimum absolute atomic E-state index is 0.0225. The SMILES string of the molecule is Cc1cc(F)ccc1S(=O)(=O)Nc1ccc(Cl)nn1. The molecule has 100 valence electrons. The Kier molecular flexibility index (Phi) is 3.68. The molecule has 19 heavy (non-hydrogen) atoms. The van der Waals surface area contributed by atoms with E-state index in [1.807, 2.05) is 0 Å². The van der Waals surface area contributed by atoms with Gasteiger partial charge in [0.2, 0.25) is 0 Å². The largest absolute Gasteiger partial charge is 0.263 e. The van der Waals surface area contributed by atoms with E-state index in [-0.39, 0.29) is 15.9 Å². The maximum absolute atomic E-state index is 13.0. The van der Waals surface area contributed by atoms with Gasteiger partial charge in [-0.15, -0.1) is 10.2 Å². The zero-order valence-corrected chi connectivity index (χ0v) is 11.3. The number of benzene rings is 1. The molecule has 8 heteroatoms. The molecule has 0 aliphatic rings. The smallest absolute Gasteiger partial charge is 0.262 e. The Morgan fingerprint density at radius 3 is 2.53 bits per heavy atom. The third-order valence-corrected chi connectivity index (χ3v) is 4.01. The van der Waals surface area contributed by atoms with Crippen LogP contribution in [0.15, 0.2) is 35.2 Å². The molecule has 5 nitrogen and oxygen atoms in total. The van der Waals surface area contributed by atoms with E-state index >= 15 is 0 Å². The maximum atomic E-state index is 13.0. The molecule has 0 saturated heterocycles. The first-order valence-electron chi connectivity index (χ1n) is 5.17. The molecule has 1 aromatic heterocycles. The molecule has 1 heterocycles. The Labute approximate surface area is 114 Å². The van der Waals surface area contributed by atoms with Crippen molar-refractivity contribution in [3.05, 3.63) is 46.9 Å².